The molecule has 0 atom stereocenters. The Hall–Kier alpha value is -1.36. The van der Waals surface area contributed by atoms with Gasteiger partial charge in [0.05, 0.1) is 5.56 Å². The lowest BCUT2D eigenvalue weighted by atomic mass is 10.1. The van der Waals surface area contributed by atoms with Crippen LogP contribution in [0.15, 0.2) is 28.3 Å². The minimum Gasteiger partial charge on any atom is -0.409 e. The Morgan fingerprint density at radius 3 is 2.48 bits per heavy atom. The van der Waals surface area contributed by atoms with Crippen LogP contribution in [0.1, 0.15) is 40.2 Å². The molecule has 0 aliphatic rings. The first-order chi connectivity index (χ1) is 9.92. The van der Waals surface area contributed by atoms with Crippen LogP contribution < -0.4 is 10.6 Å². The Labute approximate surface area is 132 Å². The summed E-state index contributed by atoms with van der Waals surface area (Å²) in [5.41, 5.74) is 7.82. The van der Waals surface area contributed by atoms with Crippen molar-refractivity contribution in [1.82, 2.24) is 0 Å². The van der Waals surface area contributed by atoms with Crippen molar-refractivity contribution >= 4 is 23.3 Å². The average Bonchev–Trinajstić information content (AvgIpc) is 2.43. The highest BCUT2D eigenvalue weighted by Gasteiger charge is 2.20. The summed E-state index contributed by atoms with van der Waals surface area (Å²) < 4.78 is 0. The van der Waals surface area contributed by atoms with Crippen molar-refractivity contribution in [3.05, 3.63) is 23.8 Å². The molecule has 3 N–H and O–H groups in total. The van der Waals surface area contributed by atoms with Crippen molar-refractivity contribution < 1.29 is 5.21 Å². The second kappa shape index (κ2) is 8.17. The van der Waals surface area contributed by atoms with Gasteiger partial charge >= 0.3 is 0 Å². The lowest BCUT2D eigenvalue weighted by Crippen LogP contribution is -2.36. The summed E-state index contributed by atoms with van der Waals surface area (Å²) >= 11 is 1.71. The molecule has 1 aromatic rings. The average molecular weight is 309 g/mol. The van der Waals surface area contributed by atoms with Gasteiger partial charge in [0.2, 0.25) is 0 Å². The van der Waals surface area contributed by atoms with Crippen LogP contribution in [0, 0.1) is 5.92 Å². The van der Waals surface area contributed by atoms with E-state index in [-0.39, 0.29) is 5.84 Å². The van der Waals surface area contributed by atoms with Crippen LogP contribution in [0.3, 0.4) is 0 Å². The monoisotopic (exact) mass is 309 g/mol. The lowest BCUT2D eigenvalue weighted by molar-refractivity contribution is 0.318. The van der Waals surface area contributed by atoms with E-state index < -0.39 is 0 Å². The van der Waals surface area contributed by atoms with Crippen molar-refractivity contribution in [2.45, 2.75) is 45.6 Å². The predicted octanol–water partition coefficient (Wildman–Crippen LogP) is 3.76. The molecular weight excluding hydrogens is 282 g/mol. The highest BCUT2D eigenvalue weighted by molar-refractivity contribution is 7.99. The molecule has 0 aromatic heterocycles. The molecule has 1 aromatic carbocycles. The third kappa shape index (κ3) is 4.56. The molecule has 21 heavy (non-hydrogen) atoms. The van der Waals surface area contributed by atoms with Gasteiger partial charge in [-0.25, -0.2) is 0 Å². The van der Waals surface area contributed by atoms with Gasteiger partial charge in [-0.2, -0.15) is 0 Å². The van der Waals surface area contributed by atoms with Gasteiger partial charge in [-0.3, -0.25) is 0 Å². The van der Waals surface area contributed by atoms with E-state index >= 15 is 0 Å². The minimum absolute atomic E-state index is 0.177. The molecule has 118 valence electrons. The van der Waals surface area contributed by atoms with Gasteiger partial charge in [-0.15, -0.1) is 11.8 Å². The Kier molecular flexibility index (Phi) is 6.89. The van der Waals surface area contributed by atoms with Crippen LogP contribution in [0.5, 0.6) is 0 Å². The van der Waals surface area contributed by atoms with E-state index in [1.807, 2.05) is 12.1 Å². The second-order valence-electron chi connectivity index (χ2n) is 5.71. The highest BCUT2D eigenvalue weighted by Crippen LogP contribution is 2.32. The zero-order valence-corrected chi connectivity index (χ0v) is 14.4. The summed E-state index contributed by atoms with van der Waals surface area (Å²) in [5, 5.41) is 12.4. The van der Waals surface area contributed by atoms with Gasteiger partial charge in [0.25, 0.3) is 0 Å². The summed E-state index contributed by atoms with van der Waals surface area (Å²) in [5.74, 6) is 1.66. The number of hydrogen-bond donors (Lipinski definition) is 2. The van der Waals surface area contributed by atoms with Gasteiger partial charge < -0.3 is 15.8 Å². The predicted molar refractivity (Wildman–Crippen MR) is 92.7 cm³/mol. The summed E-state index contributed by atoms with van der Waals surface area (Å²) in [4.78, 5) is 3.37. The normalized spacial score (nSPS) is 12.2. The number of nitrogens with two attached hydrogens (primary N) is 1. The molecule has 0 saturated heterocycles. The quantitative estimate of drug-likeness (QED) is 0.265. The fourth-order valence-corrected chi connectivity index (χ4v) is 3.16. The van der Waals surface area contributed by atoms with Crippen LogP contribution in [-0.4, -0.2) is 29.4 Å². The number of thioether (sulfide) groups is 1. The third-order valence-electron chi connectivity index (χ3n) is 3.16. The SMILES string of the molecule is CCSc1cccc(N(CC(C)C)C(C)C)c1/C(N)=N/O. The van der Waals surface area contributed by atoms with E-state index in [0.717, 1.165) is 28.4 Å². The maximum Gasteiger partial charge on any atom is 0.173 e. The topological polar surface area (TPSA) is 61.8 Å². The van der Waals surface area contributed by atoms with E-state index in [4.69, 9.17) is 10.9 Å². The Balaban J connectivity index is 3.41. The molecule has 1 rings (SSSR count). The minimum atomic E-state index is 0.177. The van der Waals surface area contributed by atoms with Crippen LogP contribution >= 0.6 is 11.8 Å². The molecular formula is C16H27N3OS. The Morgan fingerprint density at radius 1 is 1.33 bits per heavy atom. The molecule has 0 bridgehead atoms. The molecule has 0 spiro atoms. The molecule has 4 nitrogen and oxygen atoms in total. The second-order valence-corrected chi connectivity index (χ2v) is 7.01. The third-order valence-corrected chi connectivity index (χ3v) is 4.10. The number of rotatable bonds is 7. The van der Waals surface area contributed by atoms with Gasteiger partial charge in [-0.1, -0.05) is 32.0 Å². The smallest absolute Gasteiger partial charge is 0.173 e. The summed E-state index contributed by atoms with van der Waals surface area (Å²) in [6, 6.07) is 6.46. The molecule has 0 heterocycles. The molecule has 0 aliphatic carbocycles. The summed E-state index contributed by atoms with van der Waals surface area (Å²) in [7, 11) is 0. The van der Waals surface area contributed by atoms with Crippen LogP contribution in [0.4, 0.5) is 5.69 Å². The van der Waals surface area contributed by atoms with Crippen LogP contribution in [0.25, 0.3) is 0 Å². The van der Waals surface area contributed by atoms with E-state index in [2.05, 4.69) is 50.7 Å². The van der Waals surface area contributed by atoms with Crippen LogP contribution in [0.2, 0.25) is 0 Å². The zero-order valence-electron chi connectivity index (χ0n) is 13.6. The fraction of sp³-hybridized carbons (Fsp3) is 0.562. The maximum absolute atomic E-state index is 9.14. The van der Waals surface area contributed by atoms with E-state index in [0.29, 0.717) is 12.0 Å². The van der Waals surface area contributed by atoms with Gasteiger partial charge in [0, 0.05) is 23.2 Å². The molecule has 0 saturated carbocycles. The Morgan fingerprint density at radius 2 is 2.00 bits per heavy atom. The molecule has 0 fully saturated rings. The van der Waals surface area contributed by atoms with Crippen molar-refractivity contribution in [2.75, 3.05) is 17.2 Å². The first-order valence-electron chi connectivity index (χ1n) is 7.42. The van der Waals surface area contributed by atoms with Crippen molar-refractivity contribution in [1.29, 1.82) is 0 Å². The first kappa shape index (κ1) is 17.7. The van der Waals surface area contributed by atoms with Crippen molar-refractivity contribution in [3.63, 3.8) is 0 Å². The molecule has 0 radical (unpaired) electrons. The number of nitrogens with zero attached hydrogens (tertiary/aromatic N) is 2. The van der Waals surface area contributed by atoms with Gasteiger partial charge in [0.1, 0.15) is 0 Å². The van der Waals surface area contributed by atoms with Crippen LogP contribution in [-0.2, 0) is 0 Å². The number of benzene rings is 1. The van der Waals surface area contributed by atoms with E-state index in [1.165, 1.54) is 0 Å². The first-order valence-corrected chi connectivity index (χ1v) is 8.41. The molecule has 0 unspecified atom stereocenters. The molecule has 0 aliphatic heterocycles. The standard InChI is InChI=1S/C16H27N3OS/c1-6-21-14-9-7-8-13(15(14)16(17)18-20)19(12(4)5)10-11(2)3/h7-9,11-12,20H,6,10H2,1-5H3,(H2,17,18). The molecule has 0 amide bonds. The largest absolute Gasteiger partial charge is 0.409 e. The maximum atomic E-state index is 9.14. The highest BCUT2D eigenvalue weighted by atomic mass is 32.2. The van der Waals surface area contributed by atoms with Crippen molar-refractivity contribution in [2.24, 2.45) is 16.8 Å². The van der Waals surface area contributed by atoms with Gasteiger partial charge in [0.15, 0.2) is 5.84 Å². The molecule has 5 heteroatoms. The van der Waals surface area contributed by atoms with Crippen molar-refractivity contribution in [3.8, 4) is 0 Å². The number of amidine groups is 1. The number of hydrogen-bond acceptors (Lipinski definition) is 4. The fourth-order valence-electron chi connectivity index (χ4n) is 2.32. The van der Waals surface area contributed by atoms with E-state index in [1.54, 1.807) is 11.8 Å². The summed E-state index contributed by atoms with van der Waals surface area (Å²) in [6.45, 7) is 11.8. The zero-order chi connectivity index (χ0) is 16.0. The van der Waals surface area contributed by atoms with E-state index in [9.17, 15) is 0 Å². The lowest BCUT2D eigenvalue weighted by Gasteiger charge is -2.33. The number of anilines is 1. The number of oxime groups is 1. The van der Waals surface area contributed by atoms with Gasteiger partial charge in [-0.05, 0) is 37.7 Å². The summed E-state index contributed by atoms with van der Waals surface area (Å²) in [6.07, 6.45) is 0. The Bertz CT molecular complexity index is 486.